The number of nitriles is 1. The Morgan fingerprint density at radius 3 is 2.94 bits per heavy atom. The topological polar surface area (TPSA) is 50.1 Å². The maximum Gasteiger partial charge on any atom is 0.305 e. The monoisotopic (exact) mass is 249 g/mol. The summed E-state index contributed by atoms with van der Waals surface area (Å²) in [6, 6.07) is 9.77. The quantitative estimate of drug-likeness (QED) is 0.574. The summed E-state index contributed by atoms with van der Waals surface area (Å²) in [6.07, 6.45) is 1.27. The molecule has 0 unspecified atom stereocenters. The van der Waals surface area contributed by atoms with Gasteiger partial charge in [-0.15, -0.1) is 0 Å². The Morgan fingerprint density at radius 1 is 1.47 bits per heavy atom. The van der Waals surface area contributed by atoms with E-state index in [4.69, 9.17) is 5.26 Å². The molecular formula is C13H15NO2S. The van der Waals surface area contributed by atoms with E-state index in [9.17, 15) is 4.79 Å². The third-order valence-electron chi connectivity index (χ3n) is 2.29. The predicted octanol–water partition coefficient (Wildman–Crippen LogP) is 2.74. The highest BCUT2D eigenvalue weighted by Crippen LogP contribution is 2.17. The number of methoxy groups -OCH3 is 1. The van der Waals surface area contributed by atoms with Gasteiger partial charge in [-0.3, -0.25) is 4.79 Å². The summed E-state index contributed by atoms with van der Waals surface area (Å²) < 4.78 is 4.56. The first kappa shape index (κ1) is 13.6. The molecular weight excluding hydrogens is 234 g/mol. The van der Waals surface area contributed by atoms with Crippen molar-refractivity contribution in [1.82, 2.24) is 0 Å². The van der Waals surface area contributed by atoms with Gasteiger partial charge in [-0.05, 0) is 23.8 Å². The average molecular weight is 249 g/mol. The number of benzene rings is 1. The van der Waals surface area contributed by atoms with Crippen LogP contribution in [0, 0.1) is 11.3 Å². The van der Waals surface area contributed by atoms with Crippen LogP contribution in [0.15, 0.2) is 24.3 Å². The zero-order valence-corrected chi connectivity index (χ0v) is 10.6. The van der Waals surface area contributed by atoms with E-state index in [1.807, 2.05) is 24.3 Å². The van der Waals surface area contributed by atoms with Gasteiger partial charge in [-0.25, -0.2) is 0 Å². The number of hydrogen-bond acceptors (Lipinski definition) is 4. The second kappa shape index (κ2) is 7.75. The molecule has 0 aromatic heterocycles. The predicted molar refractivity (Wildman–Crippen MR) is 68.6 cm³/mol. The van der Waals surface area contributed by atoms with E-state index in [0.29, 0.717) is 6.42 Å². The van der Waals surface area contributed by atoms with Gasteiger partial charge in [0.25, 0.3) is 0 Å². The number of carbonyl (C=O) groups is 1. The van der Waals surface area contributed by atoms with Crippen molar-refractivity contribution < 1.29 is 9.53 Å². The smallest absolute Gasteiger partial charge is 0.305 e. The van der Waals surface area contributed by atoms with E-state index in [1.54, 1.807) is 11.8 Å². The zero-order valence-electron chi connectivity index (χ0n) is 9.81. The fraction of sp³-hybridized carbons (Fsp3) is 0.385. The van der Waals surface area contributed by atoms with Crippen molar-refractivity contribution in [2.45, 2.75) is 18.6 Å². The highest BCUT2D eigenvalue weighted by molar-refractivity contribution is 7.98. The lowest BCUT2D eigenvalue weighted by molar-refractivity contribution is -0.140. The van der Waals surface area contributed by atoms with Gasteiger partial charge in [0.05, 0.1) is 18.7 Å². The van der Waals surface area contributed by atoms with E-state index >= 15 is 0 Å². The van der Waals surface area contributed by atoms with Crippen LogP contribution in [0.25, 0.3) is 0 Å². The van der Waals surface area contributed by atoms with Crippen LogP contribution in [-0.2, 0) is 15.3 Å². The van der Waals surface area contributed by atoms with Crippen LogP contribution in [-0.4, -0.2) is 18.8 Å². The Kier molecular flexibility index (Phi) is 6.19. The molecule has 0 aliphatic carbocycles. The molecule has 0 atom stereocenters. The van der Waals surface area contributed by atoms with Gasteiger partial charge in [0.1, 0.15) is 0 Å². The van der Waals surface area contributed by atoms with Gasteiger partial charge < -0.3 is 4.74 Å². The number of hydrogen-bond donors (Lipinski definition) is 0. The van der Waals surface area contributed by atoms with Gasteiger partial charge in [-0.1, -0.05) is 18.2 Å². The molecule has 1 aromatic rings. The number of rotatable bonds is 6. The van der Waals surface area contributed by atoms with Gasteiger partial charge in [-0.2, -0.15) is 17.0 Å². The number of nitrogens with zero attached hydrogens (tertiary/aromatic N) is 1. The van der Waals surface area contributed by atoms with Crippen molar-refractivity contribution in [3.05, 3.63) is 35.4 Å². The third-order valence-corrected chi connectivity index (χ3v) is 3.39. The number of esters is 1. The molecule has 0 radical (unpaired) electrons. The first-order chi connectivity index (χ1) is 8.27. The first-order valence-electron chi connectivity index (χ1n) is 5.40. The SMILES string of the molecule is COC(=O)CCCSCc1ccccc1C#N. The van der Waals surface area contributed by atoms with E-state index < -0.39 is 0 Å². The molecule has 1 rings (SSSR count). The largest absolute Gasteiger partial charge is 0.469 e. The molecule has 0 heterocycles. The molecule has 0 bridgehead atoms. The fourth-order valence-electron chi connectivity index (χ4n) is 1.36. The van der Waals surface area contributed by atoms with Gasteiger partial charge in [0.2, 0.25) is 0 Å². The summed E-state index contributed by atoms with van der Waals surface area (Å²) in [7, 11) is 1.40. The molecule has 0 fully saturated rings. The molecule has 0 aliphatic rings. The molecule has 4 heteroatoms. The van der Waals surface area contributed by atoms with Crippen LogP contribution in [0.1, 0.15) is 24.0 Å². The Labute approximate surface area is 106 Å². The van der Waals surface area contributed by atoms with Gasteiger partial charge in [0, 0.05) is 12.2 Å². The molecule has 90 valence electrons. The normalized spacial score (nSPS) is 9.65. The van der Waals surface area contributed by atoms with Crippen molar-refractivity contribution in [2.24, 2.45) is 0 Å². The second-order valence-electron chi connectivity index (χ2n) is 3.50. The highest BCUT2D eigenvalue weighted by Gasteiger charge is 2.02. The summed E-state index contributed by atoms with van der Waals surface area (Å²) in [5.74, 6) is 1.54. The van der Waals surface area contributed by atoms with Crippen molar-refractivity contribution in [3.63, 3.8) is 0 Å². The molecule has 0 spiro atoms. The van der Waals surface area contributed by atoms with Crippen molar-refractivity contribution in [3.8, 4) is 6.07 Å². The van der Waals surface area contributed by atoms with E-state index in [0.717, 1.165) is 29.1 Å². The van der Waals surface area contributed by atoms with Crippen LogP contribution in [0.2, 0.25) is 0 Å². The molecule has 0 amide bonds. The molecule has 17 heavy (non-hydrogen) atoms. The van der Waals surface area contributed by atoms with Crippen LogP contribution >= 0.6 is 11.8 Å². The Bertz CT molecular complexity index is 412. The molecule has 1 aromatic carbocycles. The highest BCUT2D eigenvalue weighted by atomic mass is 32.2. The van der Waals surface area contributed by atoms with Crippen LogP contribution < -0.4 is 0 Å². The lowest BCUT2D eigenvalue weighted by Gasteiger charge is -2.03. The average Bonchev–Trinajstić information content (AvgIpc) is 2.38. The Morgan fingerprint density at radius 2 is 2.24 bits per heavy atom. The van der Waals surface area contributed by atoms with Crippen molar-refractivity contribution in [1.29, 1.82) is 5.26 Å². The molecule has 0 N–H and O–H groups in total. The maximum absolute atomic E-state index is 10.9. The van der Waals surface area contributed by atoms with Crippen molar-refractivity contribution >= 4 is 17.7 Å². The lowest BCUT2D eigenvalue weighted by Crippen LogP contribution is -2.00. The van der Waals surface area contributed by atoms with Crippen LogP contribution in [0.4, 0.5) is 0 Å². The summed E-state index contributed by atoms with van der Waals surface area (Å²) in [5, 5.41) is 8.91. The minimum atomic E-state index is -0.164. The Hall–Kier alpha value is -1.47. The van der Waals surface area contributed by atoms with E-state index in [1.165, 1.54) is 7.11 Å². The maximum atomic E-state index is 10.9. The summed E-state index contributed by atoms with van der Waals surface area (Å²) in [5.41, 5.74) is 1.78. The standard InChI is InChI=1S/C13H15NO2S/c1-16-13(15)7-4-8-17-10-12-6-3-2-5-11(12)9-14/h2-3,5-6H,4,7-8,10H2,1H3. The third kappa shape index (κ3) is 4.92. The van der Waals surface area contributed by atoms with E-state index in [-0.39, 0.29) is 5.97 Å². The minimum Gasteiger partial charge on any atom is -0.469 e. The molecule has 3 nitrogen and oxygen atoms in total. The number of carbonyl (C=O) groups excluding carboxylic acids is 1. The van der Waals surface area contributed by atoms with Gasteiger partial charge in [0.15, 0.2) is 0 Å². The summed E-state index contributed by atoms with van der Waals surface area (Å²) in [6.45, 7) is 0. The number of ether oxygens (including phenoxy) is 1. The van der Waals surface area contributed by atoms with Crippen molar-refractivity contribution in [2.75, 3.05) is 12.9 Å². The van der Waals surface area contributed by atoms with Crippen LogP contribution in [0.5, 0.6) is 0 Å². The summed E-state index contributed by atoms with van der Waals surface area (Å²) in [4.78, 5) is 10.9. The lowest BCUT2D eigenvalue weighted by atomic mass is 10.1. The molecule has 0 saturated heterocycles. The van der Waals surface area contributed by atoms with Crippen LogP contribution in [0.3, 0.4) is 0 Å². The molecule has 0 saturated carbocycles. The first-order valence-corrected chi connectivity index (χ1v) is 6.56. The minimum absolute atomic E-state index is 0.164. The second-order valence-corrected chi connectivity index (χ2v) is 4.61. The van der Waals surface area contributed by atoms with E-state index in [2.05, 4.69) is 10.8 Å². The zero-order chi connectivity index (χ0) is 12.5. The number of thioether (sulfide) groups is 1. The fourth-order valence-corrected chi connectivity index (χ4v) is 2.32. The Balaban J connectivity index is 2.27. The molecule has 0 aliphatic heterocycles. The summed E-state index contributed by atoms with van der Waals surface area (Å²) >= 11 is 1.73. The van der Waals surface area contributed by atoms with Gasteiger partial charge >= 0.3 is 5.97 Å².